The molecular weight excluding hydrogens is 398 g/mol. The highest BCUT2D eigenvalue weighted by Gasteiger charge is 2.20. The SMILES string of the molecule is COc1ccccc1-c1nnc(SCC(=O)N(C)c2ccccc2)n1-n1cccc1. The van der Waals surface area contributed by atoms with Crippen LogP contribution in [0.5, 0.6) is 5.75 Å². The molecule has 2 heterocycles. The Bertz CT molecular complexity index is 1130. The summed E-state index contributed by atoms with van der Waals surface area (Å²) in [7, 11) is 3.40. The molecular formula is C22H21N5O2S. The summed E-state index contributed by atoms with van der Waals surface area (Å²) in [5.41, 5.74) is 1.67. The number of methoxy groups -OCH3 is 1. The lowest BCUT2D eigenvalue weighted by Crippen LogP contribution is -2.28. The van der Waals surface area contributed by atoms with Crippen molar-refractivity contribution in [1.29, 1.82) is 0 Å². The molecule has 0 bridgehead atoms. The van der Waals surface area contributed by atoms with E-state index in [1.54, 1.807) is 19.1 Å². The van der Waals surface area contributed by atoms with Gasteiger partial charge in [-0.3, -0.25) is 9.47 Å². The molecule has 1 amide bonds. The number of anilines is 1. The van der Waals surface area contributed by atoms with Crippen molar-refractivity contribution in [2.75, 3.05) is 24.8 Å². The molecule has 2 aromatic heterocycles. The zero-order chi connectivity index (χ0) is 20.9. The van der Waals surface area contributed by atoms with Crippen LogP contribution in [0.25, 0.3) is 11.4 Å². The van der Waals surface area contributed by atoms with Crippen LogP contribution in [0.1, 0.15) is 0 Å². The van der Waals surface area contributed by atoms with Gasteiger partial charge in [-0.05, 0) is 36.4 Å². The van der Waals surface area contributed by atoms with Crippen LogP contribution in [0, 0.1) is 0 Å². The molecule has 2 aromatic carbocycles. The zero-order valence-electron chi connectivity index (χ0n) is 16.7. The number of carbonyl (C=O) groups is 1. The summed E-state index contributed by atoms with van der Waals surface area (Å²) in [6.07, 6.45) is 3.81. The quantitative estimate of drug-likeness (QED) is 0.426. The number of nitrogens with zero attached hydrogens (tertiary/aromatic N) is 5. The Labute approximate surface area is 178 Å². The third-order valence-electron chi connectivity index (χ3n) is 4.62. The second-order valence-electron chi connectivity index (χ2n) is 6.46. The van der Waals surface area contributed by atoms with E-state index in [4.69, 9.17) is 4.74 Å². The van der Waals surface area contributed by atoms with Crippen LogP contribution in [-0.2, 0) is 4.79 Å². The van der Waals surface area contributed by atoms with Gasteiger partial charge in [-0.25, -0.2) is 4.68 Å². The van der Waals surface area contributed by atoms with Crippen molar-refractivity contribution >= 4 is 23.4 Å². The van der Waals surface area contributed by atoms with Crippen LogP contribution < -0.4 is 9.64 Å². The molecule has 0 atom stereocenters. The third-order valence-corrected chi connectivity index (χ3v) is 5.53. The van der Waals surface area contributed by atoms with Gasteiger partial charge in [0.2, 0.25) is 11.1 Å². The van der Waals surface area contributed by atoms with E-state index in [0.29, 0.717) is 16.7 Å². The fourth-order valence-corrected chi connectivity index (χ4v) is 3.89. The summed E-state index contributed by atoms with van der Waals surface area (Å²) < 4.78 is 9.26. The lowest BCUT2D eigenvalue weighted by atomic mass is 10.2. The Morgan fingerprint density at radius 3 is 2.43 bits per heavy atom. The Kier molecular flexibility index (Phi) is 5.85. The maximum atomic E-state index is 12.7. The summed E-state index contributed by atoms with van der Waals surface area (Å²) in [6.45, 7) is 0. The fourth-order valence-electron chi connectivity index (χ4n) is 3.04. The average molecular weight is 420 g/mol. The first kappa shape index (κ1) is 19.8. The van der Waals surface area contributed by atoms with E-state index < -0.39 is 0 Å². The molecule has 0 aliphatic heterocycles. The van der Waals surface area contributed by atoms with Crippen LogP contribution in [-0.4, -0.2) is 45.4 Å². The number of hydrogen-bond acceptors (Lipinski definition) is 5. The molecule has 0 saturated carbocycles. The minimum absolute atomic E-state index is 0.0212. The number of benzene rings is 2. The molecule has 0 radical (unpaired) electrons. The largest absolute Gasteiger partial charge is 0.496 e. The third kappa shape index (κ3) is 3.95. The number of rotatable bonds is 7. The van der Waals surface area contributed by atoms with E-state index >= 15 is 0 Å². The molecule has 4 rings (SSSR count). The molecule has 30 heavy (non-hydrogen) atoms. The summed E-state index contributed by atoms with van der Waals surface area (Å²) in [5, 5.41) is 9.37. The van der Waals surface area contributed by atoms with E-state index in [0.717, 1.165) is 11.3 Å². The van der Waals surface area contributed by atoms with E-state index in [1.165, 1.54) is 11.8 Å². The second kappa shape index (κ2) is 8.87. The maximum Gasteiger partial charge on any atom is 0.237 e. The van der Waals surface area contributed by atoms with E-state index in [1.807, 2.05) is 88.5 Å². The molecule has 7 nitrogen and oxygen atoms in total. The molecule has 0 spiro atoms. The van der Waals surface area contributed by atoms with E-state index in [2.05, 4.69) is 10.2 Å². The van der Waals surface area contributed by atoms with Gasteiger partial charge in [0, 0.05) is 25.1 Å². The van der Waals surface area contributed by atoms with Gasteiger partial charge in [-0.2, -0.15) is 0 Å². The molecule has 0 aliphatic carbocycles. The summed E-state index contributed by atoms with van der Waals surface area (Å²) in [4.78, 5) is 14.4. The molecule has 8 heteroatoms. The fraction of sp³-hybridized carbons (Fsp3) is 0.136. The van der Waals surface area contributed by atoms with Gasteiger partial charge >= 0.3 is 0 Å². The molecule has 0 unspecified atom stereocenters. The molecule has 0 saturated heterocycles. The molecule has 4 aromatic rings. The zero-order valence-corrected chi connectivity index (χ0v) is 17.5. The smallest absolute Gasteiger partial charge is 0.237 e. The topological polar surface area (TPSA) is 65.2 Å². The van der Waals surface area contributed by atoms with Crippen LogP contribution in [0.15, 0.2) is 84.3 Å². The molecule has 0 fully saturated rings. The highest BCUT2D eigenvalue weighted by molar-refractivity contribution is 7.99. The first-order valence-corrected chi connectivity index (χ1v) is 10.3. The molecule has 0 N–H and O–H groups in total. The highest BCUT2D eigenvalue weighted by atomic mass is 32.2. The molecule has 152 valence electrons. The van der Waals surface area contributed by atoms with Gasteiger partial charge < -0.3 is 9.64 Å². The minimum Gasteiger partial charge on any atom is -0.496 e. The normalized spacial score (nSPS) is 10.7. The van der Waals surface area contributed by atoms with Crippen molar-refractivity contribution in [3.8, 4) is 17.1 Å². The van der Waals surface area contributed by atoms with Crippen molar-refractivity contribution in [2.45, 2.75) is 5.16 Å². The lowest BCUT2D eigenvalue weighted by Gasteiger charge is -2.17. The predicted molar refractivity (Wildman–Crippen MR) is 118 cm³/mol. The number of amides is 1. The highest BCUT2D eigenvalue weighted by Crippen LogP contribution is 2.31. The van der Waals surface area contributed by atoms with Crippen molar-refractivity contribution in [2.24, 2.45) is 0 Å². The van der Waals surface area contributed by atoms with Crippen molar-refractivity contribution in [3.63, 3.8) is 0 Å². The number of aromatic nitrogens is 4. The Balaban J connectivity index is 1.63. The van der Waals surface area contributed by atoms with Crippen molar-refractivity contribution < 1.29 is 9.53 Å². The number of carbonyl (C=O) groups excluding carboxylic acids is 1. The monoisotopic (exact) mass is 419 g/mol. The van der Waals surface area contributed by atoms with Gasteiger partial charge in [0.25, 0.3) is 0 Å². The maximum absolute atomic E-state index is 12.7. The standard InChI is InChI=1S/C22H21N5O2S/c1-25(17-10-4-3-5-11-17)20(28)16-30-22-24-23-21(27(22)26-14-8-9-15-26)18-12-6-7-13-19(18)29-2/h3-15H,16H2,1-2H3. The Morgan fingerprint density at radius 2 is 1.70 bits per heavy atom. The Morgan fingerprint density at radius 1 is 1.00 bits per heavy atom. The van der Waals surface area contributed by atoms with Crippen LogP contribution >= 0.6 is 11.8 Å². The van der Waals surface area contributed by atoms with Crippen LogP contribution in [0.3, 0.4) is 0 Å². The van der Waals surface area contributed by atoms with Gasteiger partial charge in [-0.15, -0.1) is 10.2 Å². The average Bonchev–Trinajstić information content (AvgIpc) is 3.47. The van der Waals surface area contributed by atoms with Crippen molar-refractivity contribution in [1.82, 2.24) is 19.5 Å². The van der Waals surface area contributed by atoms with Crippen molar-refractivity contribution in [3.05, 3.63) is 79.1 Å². The van der Waals surface area contributed by atoms with Crippen LogP contribution in [0.4, 0.5) is 5.69 Å². The van der Waals surface area contributed by atoms with Gasteiger partial charge in [0.05, 0.1) is 18.4 Å². The molecule has 0 aliphatic rings. The predicted octanol–water partition coefficient (Wildman–Crippen LogP) is 3.82. The van der Waals surface area contributed by atoms with Gasteiger partial charge in [0.15, 0.2) is 5.82 Å². The second-order valence-corrected chi connectivity index (χ2v) is 7.40. The Hall–Kier alpha value is -3.52. The minimum atomic E-state index is -0.0212. The summed E-state index contributed by atoms with van der Waals surface area (Å²) in [6, 6.07) is 21.1. The van der Waals surface area contributed by atoms with E-state index in [9.17, 15) is 4.79 Å². The van der Waals surface area contributed by atoms with E-state index in [-0.39, 0.29) is 11.7 Å². The number of thioether (sulfide) groups is 1. The first-order chi connectivity index (χ1) is 14.7. The summed E-state index contributed by atoms with van der Waals surface area (Å²) >= 11 is 1.34. The lowest BCUT2D eigenvalue weighted by molar-refractivity contribution is -0.115. The first-order valence-electron chi connectivity index (χ1n) is 9.36. The van der Waals surface area contributed by atoms with Gasteiger partial charge in [0.1, 0.15) is 5.75 Å². The summed E-state index contributed by atoms with van der Waals surface area (Å²) in [5.74, 6) is 1.55. The van der Waals surface area contributed by atoms with Crippen LogP contribution in [0.2, 0.25) is 0 Å². The van der Waals surface area contributed by atoms with Gasteiger partial charge in [-0.1, -0.05) is 42.1 Å². The number of para-hydroxylation sites is 2. The number of hydrogen-bond donors (Lipinski definition) is 0. The number of ether oxygens (including phenoxy) is 1.